The summed E-state index contributed by atoms with van der Waals surface area (Å²) in [6.07, 6.45) is 1.81. The third kappa shape index (κ3) is 1.89. The van der Waals surface area contributed by atoms with Crippen molar-refractivity contribution in [2.45, 2.75) is 13.0 Å². The largest absolute Gasteiger partial charge is 0.411 e. The number of nitrogens with zero attached hydrogens (tertiary/aromatic N) is 2. The summed E-state index contributed by atoms with van der Waals surface area (Å²) in [5.41, 5.74) is 0.671. The van der Waals surface area contributed by atoms with Gasteiger partial charge in [0.2, 0.25) is 0 Å². The molecule has 1 rings (SSSR count). The van der Waals surface area contributed by atoms with E-state index in [4.69, 9.17) is 10.3 Å². The van der Waals surface area contributed by atoms with Gasteiger partial charge in [0.1, 0.15) is 0 Å². The van der Waals surface area contributed by atoms with Gasteiger partial charge in [0, 0.05) is 25.0 Å². The third-order valence-electron chi connectivity index (χ3n) is 2.55. The number of hydrogen-bond donors (Lipinski definition) is 2. The van der Waals surface area contributed by atoms with Crippen molar-refractivity contribution in [1.29, 1.82) is 0 Å². The van der Waals surface area contributed by atoms with E-state index in [9.17, 15) is 0 Å². The first kappa shape index (κ1) is 10.2. The molecule has 4 heteroatoms. The van der Waals surface area contributed by atoms with E-state index < -0.39 is 0 Å². The summed E-state index contributed by atoms with van der Waals surface area (Å²) < 4.78 is 0. The second-order valence-electron chi connectivity index (χ2n) is 3.32. The van der Waals surface area contributed by atoms with Gasteiger partial charge in [-0.2, -0.15) is 0 Å². The van der Waals surface area contributed by atoms with Crippen LogP contribution in [0, 0.1) is 5.92 Å². The van der Waals surface area contributed by atoms with Crippen molar-refractivity contribution in [3.63, 3.8) is 0 Å². The van der Waals surface area contributed by atoms with Gasteiger partial charge in [-0.3, -0.25) is 4.90 Å². The lowest BCUT2D eigenvalue weighted by molar-refractivity contribution is 0.231. The summed E-state index contributed by atoms with van der Waals surface area (Å²) in [5.74, 6) is -0.0278. The van der Waals surface area contributed by atoms with Crippen LogP contribution in [-0.4, -0.2) is 46.7 Å². The van der Waals surface area contributed by atoms with E-state index >= 15 is 0 Å². The summed E-state index contributed by atoms with van der Waals surface area (Å²) in [5, 5.41) is 21.0. The second kappa shape index (κ2) is 4.39. The van der Waals surface area contributed by atoms with Crippen LogP contribution in [0.4, 0.5) is 0 Å². The highest BCUT2D eigenvalue weighted by Crippen LogP contribution is 2.19. The molecule has 0 amide bonds. The van der Waals surface area contributed by atoms with Gasteiger partial charge in [0.25, 0.3) is 0 Å². The molecule has 2 atom stereocenters. The molecule has 0 aromatic carbocycles. The Morgan fingerprint density at radius 2 is 2.46 bits per heavy atom. The molecule has 1 aliphatic rings. The third-order valence-corrected chi connectivity index (χ3v) is 2.55. The lowest BCUT2D eigenvalue weighted by atomic mass is 10.1. The maximum absolute atomic E-state index is 9.03. The predicted molar refractivity (Wildman–Crippen MR) is 51.0 cm³/mol. The number of rotatable bonds is 3. The van der Waals surface area contributed by atoms with Gasteiger partial charge >= 0.3 is 0 Å². The Balaban J connectivity index is 2.71. The number of aliphatic hydroxyl groups excluding tert-OH is 1. The van der Waals surface area contributed by atoms with E-state index in [1.165, 1.54) is 0 Å². The van der Waals surface area contributed by atoms with Crippen LogP contribution in [0.3, 0.4) is 0 Å². The number of hydrogen-bond acceptors (Lipinski definition) is 4. The summed E-state index contributed by atoms with van der Waals surface area (Å²) in [6.45, 7) is 7.16. The molecule has 1 heterocycles. The summed E-state index contributed by atoms with van der Waals surface area (Å²) >= 11 is 0. The first-order chi connectivity index (χ1) is 6.24. The first-order valence-corrected chi connectivity index (χ1v) is 4.42. The average molecular weight is 184 g/mol. The molecule has 0 radical (unpaired) electrons. The van der Waals surface area contributed by atoms with Crippen molar-refractivity contribution in [3.05, 3.63) is 12.7 Å². The molecule has 0 aromatic heterocycles. The molecule has 2 unspecified atom stereocenters. The molecule has 0 saturated carbocycles. The smallest absolute Gasteiger partial charge is 0.0805 e. The Morgan fingerprint density at radius 1 is 1.77 bits per heavy atom. The van der Waals surface area contributed by atoms with E-state index in [1.807, 2.05) is 13.0 Å². The van der Waals surface area contributed by atoms with E-state index in [0.717, 1.165) is 13.1 Å². The first-order valence-electron chi connectivity index (χ1n) is 4.42. The molecule has 1 saturated heterocycles. The standard InChI is InChI=1S/C9H16N2O2/c1-3-4-11-5-8(6-12)9(10-13)7(11)2/h3,7-8,12-13H,1,4-6H2,2H3/b10-9-. The molecular weight excluding hydrogens is 168 g/mol. The highest BCUT2D eigenvalue weighted by Gasteiger charge is 2.34. The quantitative estimate of drug-likeness (QED) is 0.377. The Bertz CT molecular complexity index is 216. The molecule has 74 valence electrons. The van der Waals surface area contributed by atoms with Crippen LogP contribution in [0.2, 0.25) is 0 Å². The van der Waals surface area contributed by atoms with Gasteiger partial charge in [-0.1, -0.05) is 11.2 Å². The van der Waals surface area contributed by atoms with Crippen molar-refractivity contribution in [2.75, 3.05) is 19.7 Å². The minimum Gasteiger partial charge on any atom is -0.411 e. The Kier molecular flexibility index (Phi) is 3.45. The zero-order valence-corrected chi connectivity index (χ0v) is 7.85. The SMILES string of the molecule is C=CCN1CC(CO)/C(=N\O)C1C. The molecule has 0 spiro atoms. The lowest BCUT2D eigenvalue weighted by Crippen LogP contribution is -2.30. The van der Waals surface area contributed by atoms with E-state index in [2.05, 4.69) is 16.6 Å². The molecule has 0 aromatic rings. The molecule has 1 aliphatic heterocycles. The molecule has 13 heavy (non-hydrogen) atoms. The summed E-state index contributed by atoms with van der Waals surface area (Å²) in [6, 6.07) is 0.0974. The highest BCUT2D eigenvalue weighted by atomic mass is 16.4. The lowest BCUT2D eigenvalue weighted by Gasteiger charge is -2.17. The van der Waals surface area contributed by atoms with Crippen molar-refractivity contribution in [3.8, 4) is 0 Å². The zero-order valence-electron chi connectivity index (χ0n) is 7.85. The molecule has 2 N–H and O–H groups in total. The molecule has 4 nitrogen and oxygen atoms in total. The van der Waals surface area contributed by atoms with Crippen molar-refractivity contribution in [2.24, 2.45) is 11.1 Å². The predicted octanol–water partition coefficient (Wildman–Crippen LogP) is 0.315. The fourth-order valence-electron chi connectivity index (χ4n) is 1.78. The minimum atomic E-state index is -0.0278. The van der Waals surface area contributed by atoms with Gasteiger partial charge in [-0.25, -0.2) is 0 Å². The van der Waals surface area contributed by atoms with E-state index in [-0.39, 0.29) is 18.6 Å². The van der Waals surface area contributed by atoms with Gasteiger partial charge in [-0.05, 0) is 6.92 Å². The topological polar surface area (TPSA) is 56.1 Å². The van der Waals surface area contributed by atoms with Crippen LogP contribution in [0.5, 0.6) is 0 Å². The second-order valence-corrected chi connectivity index (χ2v) is 3.32. The highest BCUT2D eigenvalue weighted by molar-refractivity contribution is 5.93. The number of aliphatic hydroxyl groups is 1. The van der Waals surface area contributed by atoms with E-state index in [1.54, 1.807) is 0 Å². The Labute approximate surface area is 78.2 Å². The average Bonchev–Trinajstić information content (AvgIpc) is 2.44. The fourth-order valence-corrected chi connectivity index (χ4v) is 1.78. The Morgan fingerprint density at radius 3 is 2.85 bits per heavy atom. The van der Waals surface area contributed by atoms with Crippen LogP contribution < -0.4 is 0 Å². The van der Waals surface area contributed by atoms with Crippen molar-refractivity contribution < 1.29 is 10.3 Å². The normalized spacial score (nSPS) is 32.6. The molecule has 0 aliphatic carbocycles. The number of likely N-dealkylation sites (tertiary alicyclic amines) is 1. The van der Waals surface area contributed by atoms with Crippen LogP contribution in [-0.2, 0) is 0 Å². The van der Waals surface area contributed by atoms with Gasteiger partial charge in [-0.15, -0.1) is 6.58 Å². The maximum atomic E-state index is 9.03. The Hall–Kier alpha value is -0.870. The monoisotopic (exact) mass is 184 g/mol. The molecule has 1 fully saturated rings. The zero-order chi connectivity index (χ0) is 9.84. The van der Waals surface area contributed by atoms with Crippen molar-refractivity contribution in [1.82, 2.24) is 4.90 Å². The van der Waals surface area contributed by atoms with Crippen LogP contribution in [0.1, 0.15) is 6.92 Å². The number of oxime groups is 1. The summed E-state index contributed by atoms with van der Waals surface area (Å²) in [7, 11) is 0. The van der Waals surface area contributed by atoms with Crippen LogP contribution >= 0.6 is 0 Å². The maximum Gasteiger partial charge on any atom is 0.0805 e. The van der Waals surface area contributed by atoms with Gasteiger partial charge in [0.05, 0.1) is 12.3 Å². The minimum absolute atomic E-state index is 0.0278. The van der Waals surface area contributed by atoms with Gasteiger partial charge in [0.15, 0.2) is 0 Å². The van der Waals surface area contributed by atoms with Crippen molar-refractivity contribution >= 4 is 5.71 Å². The van der Waals surface area contributed by atoms with Gasteiger partial charge < -0.3 is 10.3 Å². The van der Waals surface area contributed by atoms with Crippen LogP contribution in [0.15, 0.2) is 17.8 Å². The fraction of sp³-hybridized carbons (Fsp3) is 0.667. The van der Waals surface area contributed by atoms with E-state index in [0.29, 0.717) is 5.71 Å². The molecule has 0 bridgehead atoms. The summed E-state index contributed by atoms with van der Waals surface area (Å²) in [4.78, 5) is 2.11. The molecular formula is C9H16N2O2. The van der Waals surface area contributed by atoms with Crippen LogP contribution in [0.25, 0.3) is 0 Å².